The summed E-state index contributed by atoms with van der Waals surface area (Å²) >= 11 is 3.04. The third-order valence-corrected chi connectivity index (χ3v) is 3.48. The maximum atomic E-state index is 13.5. The van der Waals surface area contributed by atoms with Crippen molar-refractivity contribution < 1.29 is 18.7 Å². The van der Waals surface area contributed by atoms with E-state index in [1.54, 1.807) is 33.8 Å². The van der Waals surface area contributed by atoms with E-state index in [9.17, 15) is 14.0 Å². The number of halogens is 2. The van der Waals surface area contributed by atoms with Gasteiger partial charge in [-0.05, 0) is 46.5 Å². The largest absolute Gasteiger partial charge is 0.465 e. The zero-order chi connectivity index (χ0) is 16.2. The lowest BCUT2D eigenvalue weighted by Crippen LogP contribution is -2.40. The Morgan fingerprint density at radius 3 is 2.48 bits per heavy atom. The lowest BCUT2D eigenvalue weighted by molar-refractivity contribution is -0.155. The minimum atomic E-state index is -0.968. The van der Waals surface area contributed by atoms with Crippen LogP contribution in [0.4, 0.5) is 10.1 Å². The number of nitrogens with one attached hydrogen (secondary N) is 1. The van der Waals surface area contributed by atoms with Crippen LogP contribution in [0.3, 0.4) is 0 Å². The maximum Gasteiger partial charge on any atom is 0.319 e. The first kappa shape index (κ1) is 17.6. The van der Waals surface area contributed by atoms with Crippen LogP contribution in [0.25, 0.3) is 0 Å². The fourth-order valence-electron chi connectivity index (χ4n) is 1.87. The average molecular weight is 360 g/mol. The molecule has 0 aliphatic rings. The fourth-order valence-corrected chi connectivity index (χ4v) is 2.11. The number of carbonyl (C=O) groups is 2. The highest BCUT2D eigenvalue weighted by Crippen LogP contribution is 2.29. The van der Waals surface area contributed by atoms with Crippen molar-refractivity contribution in [3.63, 3.8) is 0 Å². The van der Waals surface area contributed by atoms with Crippen molar-refractivity contribution in [1.29, 1.82) is 0 Å². The third-order valence-electron chi connectivity index (χ3n) is 2.84. The molecule has 1 amide bonds. The van der Waals surface area contributed by atoms with E-state index in [2.05, 4.69) is 21.2 Å². The van der Waals surface area contributed by atoms with E-state index in [0.29, 0.717) is 10.2 Å². The molecule has 1 aromatic rings. The fraction of sp³-hybridized carbons (Fsp3) is 0.467. The molecule has 1 rings (SSSR count). The van der Waals surface area contributed by atoms with Crippen LogP contribution in [0.5, 0.6) is 0 Å². The van der Waals surface area contributed by atoms with E-state index in [0.717, 1.165) is 0 Å². The number of hydrogen-bond acceptors (Lipinski definition) is 3. The SMILES string of the molecule is CCOC(=O)C(C(=O)Nc1ccc(Br)c(F)c1)C(C)(C)C. The van der Waals surface area contributed by atoms with Crippen LogP contribution in [0.1, 0.15) is 27.7 Å². The molecule has 6 heteroatoms. The first-order valence-electron chi connectivity index (χ1n) is 6.59. The van der Waals surface area contributed by atoms with Gasteiger partial charge in [0.1, 0.15) is 11.7 Å². The topological polar surface area (TPSA) is 55.4 Å². The van der Waals surface area contributed by atoms with Gasteiger partial charge in [0.15, 0.2) is 0 Å². The van der Waals surface area contributed by atoms with Gasteiger partial charge in [0.05, 0.1) is 11.1 Å². The van der Waals surface area contributed by atoms with E-state index >= 15 is 0 Å². The molecule has 0 radical (unpaired) electrons. The summed E-state index contributed by atoms with van der Waals surface area (Å²) < 4.78 is 18.7. The van der Waals surface area contributed by atoms with Crippen molar-refractivity contribution in [3.05, 3.63) is 28.5 Å². The number of carbonyl (C=O) groups excluding carboxylic acids is 2. The Kier molecular flexibility index (Phi) is 5.89. The number of anilines is 1. The van der Waals surface area contributed by atoms with Gasteiger partial charge in [0.2, 0.25) is 5.91 Å². The number of amides is 1. The maximum absolute atomic E-state index is 13.5. The zero-order valence-electron chi connectivity index (χ0n) is 12.5. The molecule has 0 aromatic heterocycles. The third kappa shape index (κ3) is 4.81. The van der Waals surface area contributed by atoms with Gasteiger partial charge in [-0.25, -0.2) is 4.39 Å². The van der Waals surface area contributed by atoms with Crippen molar-refractivity contribution >= 4 is 33.5 Å². The molecule has 0 aliphatic carbocycles. The molecular formula is C15H19BrFNO3. The highest BCUT2D eigenvalue weighted by Gasteiger charge is 2.38. The van der Waals surface area contributed by atoms with Crippen LogP contribution < -0.4 is 5.32 Å². The summed E-state index contributed by atoms with van der Waals surface area (Å²) in [4.78, 5) is 24.3. The standard InChI is InChI=1S/C15H19BrFNO3/c1-5-21-14(20)12(15(2,3)4)13(19)18-9-6-7-10(16)11(17)8-9/h6-8,12H,5H2,1-4H3,(H,18,19). The van der Waals surface area contributed by atoms with Crippen molar-refractivity contribution in [3.8, 4) is 0 Å². The monoisotopic (exact) mass is 359 g/mol. The first-order valence-corrected chi connectivity index (χ1v) is 7.38. The van der Waals surface area contributed by atoms with Crippen molar-refractivity contribution in [2.45, 2.75) is 27.7 Å². The second-order valence-electron chi connectivity index (χ2n) is 5.67. The molecule has 1 unspecified atom stereocenters. The molecule has 0 spiro atoms. The molecule has 0 heterocycles. The first-order chi connectivity index (χ1) is 9.66. The highest BCUT2D eigenvalue weighted by atomic mass is 79.9. The van der Waals surface area contributed by atoms with Gasteiger partial charge in [0.25, 0.3) is 0 Å². The molecule has 0 saturated heterocycles. The number of rotatable bonds is 4. The van der Waals surface area contributed by atoms with Crippen LogP contribution in [0.15, 0.2) is 22.7 Å². The molecule has 0 saturated carbocycles. The smallest absolute Gasteiger partial charge is 0.319 e. The van der Waals surface area contributed by atoms with Crippen molar-refractivity contribution in [1.82, 2.24) is 0 Å². The van der Waals surface area contributed by atoms with Crippen molar-refractivity contribution in [2.24, 2.45) is 11.3 Å². The second kappa shape index (κ2) is 7.02. The number of hydrogen-bond donors (Lipinski definition) is 1. The summed E-state index contributed by atoms with van der Waals surface area (Å²) in [7, 11) is 0. The molecule has 1 N–H and O–H groups in total. The van der Waals surface area contributed by atoms with Crippen LogP contribution in [-0.2, 0) is 14.3 Å². The highest BCUT2D eigenvalue weighted by molar-refractivity contribution is 9.10. The lowest BCUT2D eigenvalue weighted by Gasteiger charge is -2.27. The molecular weight excluding hydrogens is 341 g/mol. The average Bonchev–Trinajstić information content (AvgIpc) is 2.32. The summed E-state index contributed by atoms with van der Waals surface area (Å²) in [5, 5.41) is 2.56. The Bertz CT molecular complexity index is 540. The van der Waals surface area contributed by atoms with E-state index in [1.165, 1.54) is 12.1 Å². The van der Waals surface area contributed by atoms with Crippen LogP contribution in [0.2, 0.25) is 0 Å². The van der Waals surface area contributed by atoms with Gasteiger partial charge in [0, 0.05) is 5.69 Å². The predicted octanol–water partition coefficient (Wildman–Crippen LogP) is 3.75. The van der Waals surface area contributed by atoms with E-state index in [-0.39, 0.29) is 6.61 Å². The van der Waals surface area contributed by atoms with Crippen LogP contribution in [0, 0.1) is 17.2 Å². The second-order valence-corrected chi connectivity index (χ2v) is 6.52. The molecule has 0 aliphatic heterocycles. The lowest BCUT2D eigenvalue weighted by atomic mass is 9.80. The summed E-state index contributed by atoms with van der Waals surface area (Å²) in [6, 6.07) is 4.23. The summed E-state index contributed by atoms with van der Waals surface area (Å²) in [5.74, 6) is -2.55. The van der Waals surface area contributed by atoms with Gasteiger partial charge >= 0.3 is 5.97 Å². The molecule has 0 fully saturated rings. The predicted molar refractivity (Wildman–Crippen MR) is 82.3 cm³/mol. The molecule has 1 aromatic carbocycles. The van der Waals surface area contributed by atoms with Crippen LogP contribution >= 0.6 is 15.9 Å². The Balaban J connectivity index is 2.96. The van der Waals surface area contributed by atoms with Gasteiger partial charge in [-0.1, -0.05) is 20.8 Å². The Morgan fingerprint density at radius 2 is 2.00 bits per heavy atom. The van der Waals surface area contributed by atoms with Crippen LogP contribution in [-0.4, -0.2) is 18.5 Å². The summed E-state index contributed by atoms with van der Waals surface area (Å²) in [6.07, 6.45) is 0. The molecule has 0 bridgehead atoms. The Morgan fingerprint density at radius 1 is 1.38 bits per heavy atom. The Labute approximate surface area is 132 Å². The minimum Gasteiger partial charge on any atom is -0.465 e. The van der Waals surface area contributed by atoms with Gasteiger partial charge < -0.3 is 10.1 Å². The molecule has 21 heavy (non-hydrogen) atoms. The van der Waals surface area contributed by atoms with E-state index in [1.807, 2.05) is 0 Å². The normalized spacial score (nSPS) is 12.7. The Hall–Kier alpha value is -1.43. The molecule has 116 valence electrons. The number of ether oxygens (including phenoxy) is 1. The van der Waals surface area contributed by atoms with E-state index in [4.69, 9.17) is 4.74 Å². The molecule has 4 nitrogen and oxygen atoms in total. The van der Waals surface area contributed by atoms with Crippen molar-refractivity contribution in [2.75, 3.05) is 11.9 Å². The summed E-state index contributed by atoms with van der Waals surface area (Å²) in [5.41, 5.74) is -0.316. The minimum absolute atomic E-state index is 0.200. The number of benzene rings is 1. The van der Waals surface area contributed by atoms with Gasteiger partial charge in [-0.3, -0.25) is 9.59 Å². The summed E-state index contributed by atoms with van der Waals surface area (Å²) in [6.45, 7) is 7.20. The van der Waals surface area contributed by atoms with Gasteiger partial charge in [-0.15, -0.1) is 0 Å². The van der Waals surface area contributed by atoms with Gasteiger partial charge in [-0.2, -0.15) is 0 Å². The quantitative estimate of drug-likeness (QED) is 0.657. The van der Waals surface area contributed by atoms with E-state index < -0.39 is 29.0 Å². The molecule has 1 atom stereocenters. The number of esters is 1. The zero-order valence-corrected chi connectivity index (χ0v) is 14.1.